The monoisotopic (exact) mass is 302 g/mol. The lowest BCUT2D eigenvalue weighted by atomic mass is 10.2. The molecule has 0 bridgehead atoms. The van der Waals surface area contributed by atoms with E-state index >= 15 is 0 Å². The molecule has 0 aromatic heterocycles. The van der Waals surface area contributed by atoms with Gasteiger partial charge in [0.1, 0.15) is 0 Å². The summed E-state index contributed by atoms with van der Waals surface area (Å²) in [6.07, 6.45) is 5.62. The maximum atomic E-state index is 11.2. The Bertz CT molecular complexity index is 501. The molecule has 1 aromatic carbocycles. The molecule has 19 heavy (non-hydrogen) atoms. The van der Waals surface area contributed by atoms with E-state index in [1.807, 2.05) is 30.8 Å². The van der Waals surface area contributed by atoms with Gasteiger partial charge in [0.05, 0.1) is 11.9 Å². The Morgan fingerprint density at radius 3 is 2.58 bits per heavy atom. The van der Waals surface area contributed by atoms with Crippen molar-refractivity contribution in [1.82, 2.24) is 0 Å². The summed E-state index contributed by atoms with van der Waals surface area (Å²) < 4.78 is 24.9. The van der Waals surface area contributed by atoms with E-state index in [2.05, 4.69) is 16.3 Å². The molecule has 0 unspecified atom stereocenters. The molecule has 2 N–H and O–H groups in total. The topological polar surface area (TPSA) is 58.2 Å². The Labute approximate surface area is 120 Å². The smallest absolute Gasteiger partial charge is 0.229 e. The van der Waals surface area contributed by atoms with Gasteiger partial charge < -0.3 is 5.32 Å². The van der Waals surface area contributed by atoms with E-state index in [0.29, 0.717) is 5.69 Å². The molecular formula is C13H22N2O2S2. The van der Waals surface area contributed by atoms with Crippen molar-refractivity contribution in [2.24, 2.45) is 0 Å². The van der Waals surface area contributed by atoms with Crippen molar-refractivity contribution >= 4 is 33.2 Å². The van der Waals surface area contributed by atoms with Gasteiger partial charge in [-0.1, -0.05) is 0 Å². The van der Waals surface area contributed by atoms with Crippen LogP contribution in [0.2, 0.25) is 0 Å². The van der Waals surface area contributed by atoms with Crippen molar-refractivity contribution in [2.45, 2.75) is 19.8 Å². The van der Waals surface area contributed by atoms with Crippen LogP contribution in [-0.2, 0) is 10.0 Å². The summed E-state index contributed by atoms with van der Waals surface area (Å²) in [5, 5.41) is 3.35. The summed E-state index contributed by atoms with van der Waals surface area (Å²) in [7, 11) is -3.21. The van der Waals surface area contributed by atoms with Crippen LogP contribution in [0.4, 0.5) is 11.4 Å². The van der Waals surface area contributed by atoms with E-state index in [1.54, 1.807) is 6.07 Å². The van der Waals surface area contributed by atoms with E-state index in [0.717, 1.165) is 30.5 Å². The van der Waals surface area contributed by atoms with Gasteiger partial charge in [-0.25, -0.2) is 8.42 Å². The zero-order valence-electron chi connectivity index (χ0n) is 11.7. The van der Waals surface area contributed by atoms with E-state index < -0.39 is 10.0 Å². The van der Waals surface area contributed by atoms with Crippen molar-refractivity contribution in [1.29, 1.82) is 0 Å². The fourth-order valence-corrected chi connectivity index (χ4v) is 2.81. The molecule has 0 radical (unpaired) electrons. The summed E-state index contributed by atoms with van der Waals surface area (Å²) >= 11 is 1.86. The lowest BCUT2D eigenvalue weighted by Crippen LogP contribution is -2.11. The molecule has 0 saturated heterocycles. The number of thioether (sulfide) groups is 1. The minimum absolute atomic E-state index is 0.635. The molecule has 0 spiro atoms. The molecule has 0 saturated carbocycles. The van der Waals surface area contributed by atoms with Crippen LogP contribution in [0, 0.1) is 6.92 Å². The Kier molecular flexibility index (Phi) is 6.51. The number of unbranched alkanes of at least 4 members (excludes halogenated alkanes) is 1. The minimum atomic E-state index is -3.21. The highest BCUT2D eigenvalue weighted by Crippen LogP contribution is 2.20. The van der Waals surface area contributed by atoms with Crippen LogP contribution in [0.25, 0.3) is 0 Å². The van der Waals surface area contributed by atoms with Crippen LogP contribution in [0.15, 0.2) is 18.2 Å². The largest absolute Gasteiger partial charge is 0.385 e. The Morgan fingerprint density at radius 1 is 1.26 bits per heavy atom. The number of anilines is 2. The van der Waals surface area contributed by atoms with E-state index in [1.165, 1.54) is 12.2 Å². The molecule has 0 heterocycles. The Morgan fingerprint density at radius 2 is 2.00 bits per heavy atom. The SMILES string of the molecule is CSCCCCNc1ccc(NS(C)(=O)=O)c(C)c1. The summed E-state index contributed by atoms with van der Waals surface area (Å²) in [6, 6.07) is 5.65. The Balaban J connectivity index is 2.52. The van der Waals surface area contributed by atoms with E-state index in [9.17, 15) is 8.42 Å². The van der Waals surface area contributed by atoms with Gasteiger partial charge >= 0.3 is 0 Å². The third kappa shape index (κ3) is 6.73. The van der Waals surface area contributed by atoms with Crippen molar-refractivity contribution in [3.8, 4) is 0 Å². The molecule has 4 nitrogen and oxygen atoms in total. The summed E-state index contributed by atoms with van der Waals surface area (Å²) in [5.41, 5.74) is 2.58. The van der Waals surface area contributed by atoms with Crippen LogP contribution in [0.1, 0.15) is 18.4 Å². The van der Waals surface area contributed by atoms with Gasteiger partial charge in [0.2, 0.25) is 10.0 Å². The third-order valence-electron chi connectivity index (χ3n) is 2.63. The van der Waals surface area contributed by atoms with Gasteiger partial charge in [-0.2, -0.15) is 11.8 Å². The number of hydrogen-bond acceptors (Lipinski definition) is 4. The highest BCUT2D eigenvalue weighted by Gasteiger charge is 2.05. The number of hydrogen-bond donors (Lipinski definition) is 2. The first kappa shape index (κ1) is 16.2. The standard InChI is InChI=1S/C13H22N2O2S2/c1-11-10-12(14-8-4-5-9-18-2)6-7-13(11)15-19(3,16)17/h6-7,10,14-15H,4-5,8-9H2,1-3H3. The average molecular weight is 302 g/mol. The van der Waals surface area contributed by atoms with Gasteiger partial charge in [-0.3, -0.25) is 4.72 Å². The lowest BCUT2D eigenvalue weighted by Gasteiger charge is -2.11. The third-order valence-corrected chi connectivity index (χ3v) is 3.91. The van der Waals surface area contributed by atoms with Gasteiger partial charge in [0, 0.05) is 12.2 Å². The lowest BCUT2D eigenvalue weighted by molar-refractivity contribution is 0.607. The van der Waals surface area contributed by atoms with Gasteiger partial charge in [0.15, 0.2) is 0 Å². The summed E-state index contributed by atoms with van der Waals surface area (Å²) in [4.78, 5) is 0. The number of aryl methyl sites for hydroxylation is 1. The van der Waals surface area contributed by atoms with Gasteiger partial charge in [-0.15, -0.1) is 0 Å². The predicted octanol–water partition coefficient (Wildman–Crippen LogP) is 2.92. The predicted molar refractivity (Wildman–Crippen MR) is 85.8 cm³/mol. The minimum Gasteiger partial charge on any atom is -0.385 e. The summed E-state index contributed by atoms with van der Waals surface area (Å²) in [5.74, 6) is 1.19. The molecule has 1 rings (SSSR count). The number of rotatable bonds is 8. The molecule has 0 aliphatic heterocycles. The maximum absolute atomic E-state index is 11.2. The van der Waals surface area contributed by atoms with Gasteiger partial charge in [-0.05, 0) is 55.5 Å². The first-order valence-corrected chi connectivity index (χ1v) is 9.52. The second-order valence-corrected chi connectivity index (χ2v) is 7.26. The molecule has 1 aromatic rings. The van der Waals surface area contributed by atoms with Crippen LogP contribution in [-0.4, -0.2) is 33.2 Å². The number of nitrogens with one attached hydrogen (secondary N) is 2. The second-order valence-electron chi connectivity index (χ2n) is 4.53. The highest BCUT2D eigenvalue weighted by atomic mass is 32.2. The normalized spacial score (nSPS) is 11.3. The zero-order valence-corrected chi connectivity index (χ0v) is 13.3. The van der Waals surface area contributed by atoms with Crippen molar-refractivity contribution < 1.29 is 8.42 Å². The molecule has 0 amide bonds. The fraction of sp³-hybridized carbons (Fsp3) is 0.538. The summed E-state index contributed by atoms with van der Waals surface area (Å²) in [6.45, 7) is 2.84. The van der Waals surface area contributed by atoms with Crippen LogP contribution in [0.3, 0.4) is 0 Å². The highest BCUT2D eigenvalue weighted by molar-refractivity contribution is 7.98. The van der Waals surface area contributed by atoms with Crippen LogP contribution >= 0.6 is 11.8 Å². The van der Waals surface area contributed by atoms with Crippen molar-refractivity contribution in [3.63, 3.8) is 0 Å². The van der Waals surface area contributed by atoms with Crippen molar-refractivity contribution in [3.05, 3.63) is 23.8 Å². The first-order chi connectivity index (χ1) is 8.92. The molecule has 6 heteroatoms. The van der Waals surface area contributed by atoms with E-state index in [-0.39, 0.29) is 0 Å². The fourth-order valence-electron chi connectivity index (χ4n) is 1.69. The number of benzene rings is 1. The zero-order chi connectivity index (χ0) is 14.3. The van der Waals surface area contributed by atoms with Crippen molar-refractivity contribution in [2.75, 3.05) is 34.8 Å². The first-order valence-electron chi connectivity index (χ1n) is 6.23. The van der Waals surface area contributed by atoms with E-state index in [4.69, 9.17) is 0 Å². The Hall–Kier alpha value is -0.880. The number of sulfonamides is 1. The van der Waals surface area contributed by atoms with Crippen LogP contribution < -0.4 is 10.0 Å². The second kappa shape index (κ2) is 7.65. The van der Waals surface area contributed by atoms with Crippen LogP contribution in [0.5, 0.6) is 0 Å². The maximum Gasteiger partial charge on any atom is 0.229 e. The molecule has 0 fully saturated rings. The molecular weight excluding hydrogens is 280 g/mol. The molecule has 0 aliphatic rings. The average Bonchev–Trinajstić information content (AvgIpc) is 2.31. The molecule has 108 valence electrons. The van der Waals surface area contributed by atoms with Gasteiger partial charge in [0.25, 0.3) is 0 Å². The molecule has 0 aliphatic carbocycles. The quantitative estimate of drug-likeness (QED) is 0.725. The molecule has 0 atom stereocenters.